The van der Waals surface area contributed by atoms with Crippen molar-refractivity contribution in [3.8, 4) is 0 Å². The van der Waals surface area contributed by atoms with Crippen molar-refractivity contribution in [3.63, 3.8) is 0 Å². The number of carbonyl (C=O) groups is 1. The third kappa shape index (κ3) is 6.59. The fourth-order valence-corrected chi connectivity index (χ4v) is 3.43. The summed E-state index contributed by atoms with van der Waals surface area (Å²) in [6, 6.07) is 3.72. The van der Waals surface area contributed by atoms with Crippen LogP contribution in [-0.2, 0) is 4.74 Å². The molecule has 8 heteroatoms. The fraction of sp³-hybridized carbons (Fsp3) is 0.667. The van der Waals surface area contributed by atoms with E-state index in [2.05, 4.69) is 39.7 Å². The summed E-state index contributed by atoms with van der Waals surface area (Å²) in [6.45, 7) is 10.2. The maximum absolute atomic E-state index is 11.9. The first-order valence-electron chi connectivity index (χ1n) is 9.12. The predicted octanol–water partition coefficient (Wildman–Crippen LogP) is 1.14. The SMILES string of the molecule is CN=C(NCCCNC(=O)c1cccs1)NCC(C)(C)N1CCOCC1. The number of hydrogen-bond donors (Lipinski definition) is 3. The molecular weight excluding hydrogens is 350 g/mol. The van der Waals surface area contributed by atoms with Gasteiger partial charge < -0.3 is 20.7 Å². The molecule has 2 rings (SSSR count). The van der Waals surface area contributed by atoms with Crippen molar-refractivity contribution in [1.29, 1.82) is 0 Å². The highest BCUT2D eigenvalue weighted by atomic mass is 32.1. The minimum absolute atomic E-state index is 0.00484. The van der Waals surface area contributed by atoms with Gasteiger partial charge in [0.2, 0.25) is 0 Å². The Labute approximate surface area is 160 Å². The van der Waals surface area contributed by atoms with Crippen LogP contribution in [0.1, 0.15) is 29.9 Å². The molecule has 1 saturated heterocycles. The number of aliphatic imine (C=N–C) groups is 1. The molecule has 1 amide bonds. The van der Waals surface area contributed by atoms with Crippen LogP contribution < -0.4 is 16.0 Å². The second-order valence-corrected chi connectivity index (χ2v) is 7.80. The molecule has 2 heterocycles. The molecule has 146 valence electrons. The van der Waals surface area contributed by atoms with Gasteiger partial charge in [-0.15, -0.1) is 11.3 Å². The van der Waals surface area contributed by atoms with Gasteiger partial charge in [-0.2, -0.15) is 0 Å². The van der Waals surface area contributed by atoms with Crippen molar-refractivity contribution < 1.29 is 9.53 Å². The molecule has 0 spiro atoms. The second kappa shape index (κ2) is 10.5. The lowest BCUT2D eigenvalue weighted by molar-refractivity contribution is -0.00833. The number of rotatable bonds is 8. The van der Waals surface area contributed by atoms with E-state index in [-0.39, 0.29) is 11.4 Å². The first-order chi connectivity index (χ1) is 12.5. The van der Waals surface area contributed by atoms with Gasteiger partial charge in [0.1, 0.15) is 0 Å². The lowest BCUT2D eigenvalue weighted by Crippen LogP contribution is -2.56. The summed E-state index contributed by atoms with van der Waals surface area (Å²) < 4.78 is 5.43. The Hall–Kier alpha value is -1.64. The number of amides is 1. The third-order valence-electron chi connectivity index (χ3n) is 4.46. The van der Waals surface area contributed by atoms with Crippen LogP contribution in [0.3, 0.4) is 0 Å². The smallest absolute Gasteiger partial charge is 0.261 e. The zero-order valence-electron chi connectivity index (χ0n) is 16.0. The molecule has 0 atom stereocenters. The van der Waals surface area contributed by atoms with Crippen LogP contribution in [0.4, 0.5) is 0 Å². The van der Waals surface area contributed by atoms with E-state index in [1.165, 1.54) is 11.3 Å². The Bertz CT molecular complexity index is 568. The molecule has 3 N–H and O–H groups in total. The van der Waals surface area contributed by atoms with E-state index in [1.54, 1.807) is 7.05 Å². The molecule has 0 aromatic carbocycles. The maximum atomic E-state index is 11.9. The molecule has 0 unspecified atom stereocenters. The molecule has 1 aromatic rings. The number of hydrogen-bond acceptors (Lipinski definition) is 5. The minimum Gasteiger partial charge on any atom is -0.379 e. The van der Waals surface area contributed by atoms with Crippen molar-refractivity contribution in [3.05, 3.63) is 22.4 Å². The van der Waals surface area contributed by atoms with Crippen LogP contribution in [-0.4, -0.2) is 75.3 Å². The van der Waals surface area contributed by atoms with Gasteiger partial charge in [-0.3, -0.25) is 14.7 Å². The number of carbonyl (C=O) groups excluding carboxylic acids is 1. The normalized spacial score (nSPS) is 16.3. The Balaban J connectivity index is 1.62. The third-order valence-corrected chi connectivity index (χ3v) is 5.32. The molecule has 1 fully saturated rings. The van der Waals surface area contributed by atoms with Crippen LogP contribution in [0.2, 0.25) is 0 Å². The Kier molecular flexibility index (Phi) is 8.34. The molecule has 26 heavy (non-hydrogen) atoms. The van der Waals surface area contributed by atoms with Gasteiger partial charge in [-0.1, -0.05) is 6.07 Å². The number of ether oxygens (including phenoxy) is 1. The average Bonchev–Trinajstić information content (AvgIpc) is 3.19. The minimum atomic E-state index is -0.00484. The Morgan fingerprint density at radius 2 is 2.00 bits per heavy atom. The van der Waals surface area contributed by atoms with Gasteiger partial charge in [0.25, 0.3) is 5.91 Å². The van der Waals surface area contributed by atoms with Crippen LogP contribution in [0.25, 0.3) is 0 Å². The molecule has 0 aliphatic carbocycles. The van der Waals surface area contributed by atoms with E-state index in [0.717, 1.165) is 56.7 Å². The van der Waals surface area contributed by atoms with Crippen LogP contribution in [0, 0.1) is 0 Å². The van der Waals surface area contributed by atoms with E-state index < -0.39 is 0 Å². The summed E-state index contributed by atoms with van der Waals surface area (Å²) in [5.74, 6) is 0.783. The standard InChI is InChI=1S/C18H31N5O2S/c1-18(2,23-9-11-25-12-10-23)14-22-17(19-3)21-8-5-7-20-16(24)15-6-4-13-26-15/h4,6,13H,5,7-12,14H2,1-3H3,(H,20,24)(H2,19,21,22). The topological polar surface area (TPSA) is 78.0 Å². The van der Waals surface area contributed by atoms with Crippen molar-refractivity contribution in [2.75, 3.05) is 53.0 Å². The Morgan fingerprint density at radius 3 is 2.65 bits per heavy atom. The highest BCUT2D eigenvalue weighted by Crippen LogP contribution is 2.14. The van der Waals surface area contributed by atoms with Crippen molar-refractivity contribution in [2.45, 2.75) is 25.8 Å². The van der Waals surface area contributed by atoms with Gasteiger partial charge in [-0.05, 0) is 31.7 Å². The largest absolute Gasteiger partial charge is 0.379 e. The molecular formula is C18H31N5O2S. The highest BCUT2D eigenvalue weighted by Gasteiger charge is 2.28. The van der Waals surface area contributed by atoms with Crippen LogP contribution >= 0.6 is 11.3 Å². The summed E-state index contributed by atoms with van der Waals surface area (Å²) in [6.07, 6.45) is 0.838. The lowest BCUT2D eigenvalue weighted by atomic mass is 10.0. The summed E-state index contributed by atoms with van der Waals surface area (Å²) in [7, 11) is 1.77. The Morgan fingerprint density at radius 1 is 1.27 bits per heavy atom. The van der Waals surface area contributed by atoms with Gasteiger partial charge in [0, 0.05) is 45.3 Å². The lowest BCUT2D eigenvalue weighted by Gasteiger charge is -2.41. The second-order valence-electron chi connectivity index (χ2n) is 6.85. The maximum Gasteiger partial charge on any atom is 0.261 e. The molecule has 0 radical (unpaired) electrons. The van der Waals surface area contributed by atoms with Gasteiger partial charge >= 0.3 is 0 Å². The molecule has 1 aliphatic heterocycles. The van der Waals surface area contributed by atoms with Crippen molar-refractivity contribution in [1.82, 2.24) is 20.9 Å². The average molecular weight is 382 g/mol. The number of nitrogens with one attached hydrogen (secondary N) is 3. The molecule has 7 nitrogen and oxygen atoms in total. The zero-order chi connectivity index (χ0) is 18.8. The van der Waals surface area contributed by atoms with E-state index in [9.17, 15) is 4.79 Å². The summed E-state index contributed by atoms with van der Waals surface area (Å²) in [4.78, 5) is 19.3. The number of nitrogens with zero attached hydrogens (tertiary/aromatic N) is 2. The van der Waals surface area contributed by atoms with E-state index >= 15 is 0 Å². The monoisotopic (exact) mass is 381 g/mol. The molecule has 0 saturated carbocycles. The van der Waals surface area contributed by atoms with Crippen LogP contribution in [0.15, 0.2) is 22.5 Å². The molecule has 1 aromatic heterocycles. The fourth-order valence-electron chi connectivity index (χ4n) is 2.79. The van der Waals surface area contributed by atoms with Gasteiger partial charge in [0.15, 0.2) is 5.96 Å². The van der Waals surface area contributed by atoms with Crippen molar-refractivity contribution in [2.24, 2.45) is 4.99 Å². The highest BCUT2D eigenvalue weighted by molar-refractivity contribution is 7.12. The number of morpholine rings is 1. The zero-order valence-corrected chi connectivity index (χ0v) is 16.8. The van der Waals surface area contributed by atoms with Crippen molar-refractivity contribution >= 4 is 23.2 Å². The number of guanidine groups is 1. The quantitative estimate of drug-likeness (QED) is 0.358. The van der Waals surface area contributed by atoms with E-state index in [1.807, 2.05) is 17.5 Å². The molecule has 1 aliphatic rings. The first kappa shape index (κ1) is 20.7. The summed E-state index contributed by atoms with van der Waals surface area (Å²) in [5, 5.41) is 11.5. The van der Waals surface area contributed by atoms with E-state index in [4.69, 9.17) is 4.74 Å². The summed E-state index contributed by atoms with van der Waals surface area (Å²) in [5.41, 5.74) is 0.0378. The first-order valence-corrected chi connectivity index (χ1v) is 10.00. The van der Waals surface area contributed by atoms with E-state index in [0.29, 0.717) is 6.54 Å². The van der Waals surface area contributed by atoms with Gasteiger partial charge in [0.05, 0.1) is 18.1 Å². The van der Waals surface area contributed by atoms with Gasteiger partial charge in [-0.25, -0.2) is 0 Å². The number of thiophene rings is 1. The summed E-state index contributed by atoms with van der Waals surface area (Å²) >= 11 is 1.46. The molecule has 0 bridgehead atoms. The predicted molar refractivity (Wildman–Crippen MR) is 107 cm³/mol. The van der Waals surface area contributed by atoms with Crippen LogP contribution in [0.5, 0.6) is 0 Å².